The molecule has 0 amide bonds. The van der Waals surface area contributed by atoms with Crippen molar-refractivity contribution in [1.82, 2.24) is 0 Å². The van der Waals surface area contributed by atoms with E-state index < -0.39 is 0 Å². The van der Waals surface area contributed by atoms with Gasteiger partial charge in [-0.25, -0.2) is 0 Å². The van der Waals surface area contributed by atoms with Crippen LogP contribution in [-0.4, -0.2) is 11.6 Å². The second-order valence-electron chi connectivity index (χ2n) is 10.6. The SMILES string of the molecule is C[C@]12CC[C@H]3[C@@H](CCC4=C(Cl)C(=O)C=C[C@@]43C)[C@@H]1CC[C@@H]2C(=O)/C=C/c1ccccc1Cl. The van der Waals surface area contributed by atoms with Crippen LogP contribution >= 0.6 is 23.2 Å². The lowest BCUT2D eigenvalue weighted by Crippen LogP contribution is -2.50. The van der Waals surface area contributed by atoms with Crippen molar-refractivity contribution in [1.29, 1.82) is 0 Å². The Hall–Kier alpha value is -1.64. The van der Waals surface area contributed by atoms with Crippen LogP contribution in [0.15, 0.2) is 53.1 Å². The van der Waals surface area contributed by atoms with Gasteiger partial charge < -0.3 is 0 Å². The van der Waals surface area contributed by atoms with Crippen molar-refractivity contribution < 1.29 is 9.59 Å². The molecular weight excluding hydrogens is 439 g/mol. The maximum Gasteiger partial charge on any atom is 0.196 e. The van der Waals surface area contributed by atoms with Gasteiger partial charge in [0.1, 0.15) is 0 Å². The molecule has 0 aliphatic heterocycles. The van der Waals surface area contributed by atoms with Crippen LogP contribution in [0.1, 0.15) is 57.9 Å². The Morgan fingerprint density at radius 3 is 2.62 bits per heavy atom. The van der Waals surface area contributed by atoms with Gasteiger partial charge in [-0.05, 0) is 97.1 Å². The summed E-state index contributed by atoms with van der Waals surface area (Å²) in [5, 5.41) is 1.12. The number of ketones is 2. The molecule has 2 nitrogen and oxygen atoms in total. The molecule has 0 radical (unpaired) electrons. The maximum absolute atomic E-state index is 13.3. The van der Waals surface area contributed by atoms with Gasteiger partial charge in [0, 0.05) is 16.4 Å². The number of rotatable bonds is 3. The average molecular weight is 469 g/mol. The molecule has 0 spiro atoms. The molecule has 1 aromatic carbocycles. The van der Waals surface area contributed by atoms with E-state index in [9.17, 15) is 9.59 Å². The van der Waals surface area contributed by atoms with Gasteiger partial charge in [0.25, 0.3) is 0 Å². The fourth-order valence-corrected chi connectivity index (χ4v) is 8.21. The van der Waals surface area contributed by atoms with E-state index in [1.54, 1.807) is 12.2 Å². The number of fused-ring (bicyclic) bond motifs is 5. The largest absolute Gasteiger partial charge is 0.295 e. The lowest BCUT2D eigenvalue weighted by Gasteiger charge is -2.57. The van der Waals surface area contributed by atoms with Crippen LogP contribution in [0.2, 0.25) is 5.02 Å². The Bertz CT molecular complexity index is 1070. The van der Waals surface area contributed by atoms with Gasteiger partial charge in [-0.3, -0.25) is 9.59 Å². The third kappa shape index (κ3) is 3.29. The number of halogens is 2. The highest BCUT2D eigenvalue weighted by Gasteiger charge is 2.59. The van der Waals surface area contributed by atoms with E-state index in [1.807, 2.05) is 30.3 Å². The van der Waals surface area contributed by atoms with Crippen LogP contribution in [-0.2, 0) is 9.59 Å². The highest BCUT2D eigenvalue weighted by atomic mass is 35.5. The van der Waals surface area contributed by atoms with Crippen molar-refractivity contribution in [3.05, 3.63) is 63.7 Å². The molecule has 4 heteroatoms. The van der Waals surface area contributed by atoms with Gasteiger partial charge >= 0.3 is 0 Å². The monoisotopic (exact) mass is 468 g/mol. The van der Waals surface area contributed by atoms with Crippen LogP contribution in [0.5, 0.6) is 0 Å². The summed E-state index contributed by atoms with van der Waals surface area (Å²) < 4.78 is 0. The molecule has 0 N–H and O–H groups in total. The molecule has 0 heterocycles. The smallest absolute Gasteiger partial charge is 0.196 e. The van der Waals surface area contributed by atoms with Gasteiger partial charge in [-0.1, -0.05) is 61.3 Å². The zero-order valence-electron chi connectivity index (χ0n) is 18.7. The van der Waals surface area contributed by atoms with E-state index in [2.05, 4.69) is 19.9 Å². The Kier molecular flexibility index (Phi) is 5.54. The van der Waals surface area contributed by atoms with Crippen LogP contribution < -0.4 is 0 Å². The first kappa shape index (κ1) is 22.2. The molecule has 4 aliphatic rings. The molecule has 32 heavy (non-hydrogen) atoms. The molecule has 3 saturated carbocycles. The van der Waals surface area contributed by atoms with Crippen molar-refractivity contribution in [2.45, 2.75) is 52.4 Å². The van der Waals surface area contributed by atoms with Crippen molar-refractivity contribution >= 4 is 40.8 Å². The highest BCUT2D eigenvalue weighted by molar-refractivity contribution is 6.45. The number of hydrogen-bond acceptors (Lipinski definition) is 2. The summed E-state index contributed by atoms with van der Waals surface area (Å²) in [6.45, 7) is 4.63. The molecule has 0 unspecified atom stereocenters. The van der Waals surface area contributed by atoms with Crippen LogP contribution in [0.25, 0.3) is 6.08 Å². The van der Waals surface area contributed by atoms with Crippen LogP contribution in [0.4, 0.5) is 0 Å². The van der Waals surface area contributed by atoms with E-state index >= 15 is 0 Å². The van der Waals surface area contributed by atoms with Crippen molar-refractivity contribution in [3.63, 3.8) is 0 Å². The molecule has 4 aliphatic carbocycles. The molecular formula is C28H30Cl2O2. The van der Waals surface area contributed by atoms with E-state index in [0.717, 1.165) is 49.7 Å². The highest BCUT2D eigenvalue weighted by Crippen LogP contribution is 2.66. The Morgan fingerprint density at radius 1 is 1.06 bits per heavy atom. The number of benzene rings is 1. The third-order valence-corrected chi connectivity index (χ3v) is 10.1. The van der Waals surface area contributed by atoms with E-state index in [-0.39, 0.29) is 28.3 Å². The number of carbonyl (C=O) groups is 2. The fraction of sp³-hybridized carbons (Fsp3) is 0.500. The molecule has 0 aromatic heterocycles. The first-order valence-electron chi connectivity index (χ1n) is 11.8. The predicted molar refractivity (Wildman–Crippen MR) is 130 cm³/mol. The summed E-state index contributed by atoms with van der Waals surface area (Å²) in [7, 11) is 0. The van der Waals surface area contributed by atoms with Gasteiger partial charge in [-0.15, -0.1) is 0 Å². The second kappa shape index (κ2) is 7.99. The maximum atomic E-state index is 13.3. The predicted octanol–water partition coefficient (Wildman–Crippen LogP) is 7.41. The van der Waals surface area contributed by atoms with Crippen molar-refractivity contribution in [2.24, 2.45) is 34.5 Å². The van der Waals surface area contributed by atoms with Gasteiger partial charge in [-0.2, -0.15) is 0 Å². The minimum absolute atomic E-state index is 0.0403. The van der Waals surface area contributed by atoms with Gasteiger partial charge in [0.2, 0.25) is 0 Å². The van der Waals surface area contributed by atoms with E-state index in [4.69, 9.17) is 23.2 Å². The molecule has 6 atom stereocenters. The Morgan fingerprint density at radius 2 is 1.84 bits per heavy atom. The first-order chi connectivity index (χ1) is 15.3. The minimum Gasteiger partial charge on any atom is -0.295 e. The zero-order valence-corrected chi connectivity index (χ0v) is 20.3. The summed E-state index contributed by atoms with van der Waals surface area (Å²) in [4.78, 5) is 25.5. The summed E-state index contributed by atoms with van der Waals surface area (Å²) in [5.41, 5.74) is 1.95. The lowest BCUT2D eigenvalue weighted by atomic mass is 9.47. The summed E-state index contributed by atoms with van der Waals surface area (Å²) in [5.74, 6) is 1.89. The minimum atomic E-state index is -0.124. The zero-order chi connectivity index (χ0) is 22.7. The summed E-state index contributed by atoms with van der Waals surface area (Å²) >= 11 is 12.7. The quantitative estimate of drug-likeness (QED) is 0.432. The summed E-state index contributed by atoms with van der Waals surface area (Å²) in [6.07, 6.45) is 13.6. The molecule has 5 rings (SSSR count). The van der Waals surface area contributed by atoms with E-state index in [1.165, 1.54) is 0 Å². The standard InChI is InChI=1S/C28H30Cl2O2/c1-27-15-13-20-18(8-9-22-26(30)25(32)14-16-28(20,22)2)19(27)10-11-21(27)24(31)12-7-17-5-3-4-6-23(17)29/h3-7,12,14,16,18-21H,8-11,13,15H2,1-2H3/b12-7+/t18-,19-,20-,21+,27-,28+/m0/s1. The van der Waals surface area contributed by atoms with Crippen molar-refractivity contribution in [3.8, 4) is 0 Å². The molecule has 1 aromatic rings. The number of carbonyl (C=O) groups excluding carboxylic acids is 2. The normalized spacial score (nSPS) is 38.6. The lowest BCUT2D eigenvalue weighted by molar-refractivity contribution is -0.124. The number of hydrogen-bond donors (Lipinski definition) is 0. The Labute approximate surface area is 200 Å². The second-order valence-corrected chi connectivity index (χ2v) is 11.4. The van der Waals surface area contributed by atoms with Crippen molar-refractivity contribution in [2.75, 3.05) is 0 Å². The third-order valence-electron chi connectivity index (χ3n) is 9.32. The first-order valence-corrected chi connectivity index (χ1v) is 12.6. The van der Waals surface area contributed by atoms with Crippen LogP contribution in [0.3, 0.4) is 0 Å². The van der Waals surface area contributed by atoms with Crippen LogP contribution in [0, 0.1) is 34.5 Å². The molecule has 168 valence electrons. The average Bonchev–Trinajstić information content (AvgIpc) is 3.13. The fourth-order valence-electron chi connectivity index (χ4n) is 7.65. The van der Waals surface area contributed by atoms with Gasteiger partial charge in [0.15, 0.2) is 11.6 Å². The van der Waals surface area contributed by atoms with E-state index in [0.29, 0.717) is 27.8 Å². The number of allylic oxidation sites excluding steroid dienone is 5. The Balaban J connectivity index is 1.39. The molecule has 3 fully saturated rings. The molecule has 0 saturated heterocycles. The topological polar surface area (TPSA) is 34.1 Å². The molecule has 0 bridgehead atoms. The summed E-state index contributed by atoms with van der Waals surface area (Å²) in [6, 6.07) is 7.64. The van der Waals surface area contributed by atoms with Gasteiger partial charge in [0.05, 0.1) is 5.03 Å².